The average molecular weight is 402 g/mol. The zero-order valence-corrected chi connectivity index (χ0v) is 14.3. The van der Waals surface area contributed by atoms with Crippen LogP contribution >= 0.6 is 0 Å². The first-order valence-electron chi connectivity index (χ1n) is 7.62. The number of methoxy groups -OCH3 is 1. The van der Waals surface area contributed by atoms with Crippen LogP contribution in [0.3, 0.4) is 0 Å². The SMILES string of the molecule is COc1cc(OC(F)(F)F)ccc1[C@H]1[C@H](C(=O)O)O[C@@](C)(C(F)(F)F)[C@H]1C. The van der Waals surface area contributed by atoms with Crippen LogP contribution in [0.5, 0.6) is 11.5 Å². The summed E-state index contributed by atoms with van der Waals surface area (Å²) < 4.78 is 91.0. The Hall–Kier alpha value is -2.17. The van der Waals surface area contributed by atoms with Crippen LogP contribution in [0.15, 0.2) is 18.2 Å². The molecule has 11 heteroatoms. The normalized spacial score (nSPS) is 28.9. The summed E-state index contributed by atoms with van der Waals surface area (Å²) in [6.45, 7) is 1.90. The van der Waals surface area contributed by atoms with Crippen LogP contribution in [0.25, 0.3) is 0 Å². The van der Waals surface area contributed by atoms with E-state index < -0.39 is 47.8 Å². The molecule has 27 heavy (non-hydrogen) atoms. The monoisotopic (exact) mass is 402 g/mol. The highest BCUT2D eigenvalue weighted by Crippen LogP contribution is 2.54. The van der Waals surface area contributed by atoms with Gasteiger partial charge in [0, 0.05) is 23.5 Å². The number of benzene rings is 1. The lowest BCUT2D eigenvalue weighted by Crippen LogP contribution is -2.47. The predicted molar refractivity (Wildman–Crippen MR) is 78.6 cm³/mol. The van der Waals surface area contributed by atoms with Gasteiger partial charge in [0.15, 0.2) is 11.7 Å². The Labute approximate surface area is 149 Å². The van der Waals surface area contributed by atoms with E-state index in [1.54, 1.807) is 0 Å². The van der Waals surface area contributed by atoms with Crippen molar-refractivity contribution in [1.29, 1.82) is 0 Å². The zero-order valence-electron chi connectivity index (χ0n) is 14.3. The van der Waals surface area contributed by atoms with Crippen LogP contribution in [-0.2, 0) is 9.53 Å². The number of alkyl halides is 6. The Morgan fingerprint density at radius 2 is 1.81 bits per heavy atom. The molecule has 5 nitrogen and oxygen atoms in total. The maximum atomic E-state index is 13.5. The number of hydrogen-bond acceptors (Lipinski definition) is 4. The summed E-state index contributed by atoms with van der Waals surface area (Å²) >= 11 is 0. The summed E-state index contributed by atoms with van der Waals surface area (Å²) in [5, 5.41) is 9.33. The van der Waals surface area contributed by atoms with Crippen molar-refractivity contribution in [1.82, 2.24) is 0 Å². The minimum Gasteiger partial charge on any atom is -0.496 e. The largest absolute Gasteiger partial charge is 0.573 e. The number of carbonyl (C=O) groups is 1. The van der Waals surface area contributed by atoms with E-state index in [9.17, 15) is 36.2 Å². The van der Waals surface area contributed by atoms with Gasteiger partial charge in [-0.15, -0.1) is 13.2 Å². The maximum Gasteiger partial charge on any atom is 0.573 e. The third kappa shape index (κ3) is 3.92. The number of carboxylic acids is 1. The lowest BCUT2D eigenvalue weighted by Gasteiger charge is -2.32. The zero-order chi connectivity index (χ0) is 20.8. The van der Waals surface area contributed by atoms with Crippen LogP contribution in [0, 0.1) is 5.92 Å². The molecule has 1 fully saturated rings. The van der Waals surface area contributed by atoms with Crippen molar-refractivity contribution >= 4 is 5.97 Å². The van der Waals surface area contributed by atoms with Crippen molar-refractivity contribution in [2.24, 2.45) is 5.92 Å². The molecule has 2 rings (SSSR count). The van der Waals surface area contributed by atoms with Crippen molar-refractivity contribution < 1.29 is 50.5 Å². The third-order valence-corrected chi connectivity index (χ3v) is 4.71. The van der Waals surface area contributed by atoms with Gasteiger partial charge in [-0.3, -0.25) is 0 Å². The fourth-order valence-electron chi connectivity index (χ4n) is 3.17. The molecule has 0 amide bonds. The van der Waals surface area contributed by atoms with Gasteiger partial charge in [-0.2, -0.15) is 13.2 Å². The van der Waals surface area contributed by atoms with Crippen molar-refractivity contribution in [3.63, 3.8) is 0 Å². The summed E-state index contributed by atoms with van der Waals surface area (Å²) in [5.41, 5.74) is -2.78. The van der Waals surface area contributed by atoms with Gasteiger partial charge < -0.3 is 19.3 Å². The second-order valence-corrected chi connectivity index (χ2v) is 6.25. The van der Waals surface area contributed by atoms with E-state index in [2.05, 4.69) is 4.74 Å². The number of ether oxygens (including phenoxy) is 3. The van der Waals surface area contributed by atoms with Gasteiger partial charge in [-0.05, 0) is 13.0 Å². The second kappa shape index (κ2) is 6.77. The summed E-state index contributed by atoms with van der Waals surface area (Å²) in [6.07, 6.45) is -11.7. The molecule has 1 aliphatic rings. The molecule has 0 saturated carbocycles. The average Bonchev–Trinajstić information content (AvgIpc) is 2.79. The summed E-state index contributed by atoms with van der Waals surface area (Å²) in [4.78, 5) is 11.5. The van der Waals surface area contributed by atoms with Gasteiger partial charge >= 0.3 is 18.5 Å². The molecular weight excluding hydrogens is 386 g/mol. The van der Waals surface area contributed by atoms with E-state index in [1.165, 1.54) is 6.92 Å². The van der Waals surface area contributed by atoms with Crippen molar-refractivity contribution in [3.05, 3.63) is 23.8 Å². The Morgan fingerprint density at radius 1 is 1.22 bits per heavy atom. The quantitative estimate of drug-likeness (QED) is 0.768. The number of carboxylic acid groups (broad SMARTS) is 1. The molecule has 0 radical (unpaired) electrons. The number of aliphatic carboxylic acids is 1. The first-order chi connectivity index (χ1) is 12.2. The Morgan fingerprint density at radius 3 is 2.26 bits per heavy atom. The molecule has 0 bridgehead atoms. The lowest BCUT2D eigenvalue weighted by atomic mass is 9.77. The number of rotatable bonds is 4. The predicted octanol–water partition coefficient (Wildman–Crippen LogP) is 4.12. The smallest absolute Gasteiger partial charge is 0.496 e. The van der Waals surface area contributed by atoms with Gasteiger partial charge in [0.05, 0.1) is 7.11 Å². The van der Waals surface area contributed by atoms with Crippen LogP contribution < -0.4 is 9.47 Å². The second-order valence-electron chi connectivity index (χ2n) is 6.25. The van der Waals surface area contributed by atoms with E-state index in [0.29, 0.717) is 0 Å². The van der Waals surface area contributed by atoms with Gasteiger partial charge in [-0.25, -0.2) is 4.79 Å². The molecule has 0 aliphatic carbocycles. The third-order valence-electron chi connectivity index (χ3n) is 4.71. The molecule has 4 atom stereocenters. The van der Waals surface area contributed by atoms with Crippen LogP contribution in [0.2, 0.25) is 0 Å². The Balaban J connectivity index is 2.52. The number of hydrogen-bond donors (Lipinski definition) is 1. The molecule has 0 spiro atoms. The summed E-state index contributed by atoms with van der Waals surface area (Å²) in [7, 11) is 1.09. The summed E-state index contributed by atoms with van der Waals surface area (Å²) in [6, 6.07) is 2.75. The summed E-state index contributed by atoms with van der Waals surface area (Å²) in [5.74, 6) is -5.20. The molecule has 1 heterocycles. The first-order valence-corrected chi connectivity index (χ1v) is 7.62. The fraction of sp³-hybridized carbons (Fsp3) is 0.562. The van der Waals surface area contributed by atoms with Crippen LogP contribution in [0.1, 0.15) is 25.3 Å². The molecular formula is C16H16F6O5. The topological polar surface area (TPSA) is 65.0 Å². The maximum absolute atomic E-state index is 13.5. The van der Waals surface area contributed by atoms with Crippen molar-refractivity contribution in [2.45, 2.75) is 44.0 Å². The van der Waals surface area contributed by atoms with Gasteiger partial charge in [0.1, 0.15) is 11.5 Å². The van der Waals surface area contributed by atoms with Crippen molar-refractivity contribution in [2.75, 3.05) is 7.11 Å². The minimum atomic E-state index is -4.98. The highest BCUT2D eigenvalue weighted by molar-refractivity contribution is 5.75. The van der Waals surface area contributed by atoms with Crippen molar-refractivity contribution in [3.8, 4) is 11.5 Å². The first kappa shape index (κ1) is 21.1. The molecule has 1 aromatic rings. The van der Waals surface area contributed by atoms with E-state index in [0.717, 1.165) is 32.2 Å². The van der Waals surface area contributed by atoms with E-state index in [1.807, 2.05) is 0 Å². The Kier molecular flexibility index (Phi) is 5.30. The standard InChI is InChI=1S/C16H16F6O5/c1-7-11(12(13(23)24)27-14(7,2)15(17,18)19)9-5-4-8(6-10(9)25-3)26-16(20,21)22/h4-7,11-12H,1-3H3,(H,23,24)/t7-,11-,12+,14+/m0/s1. The van der Waals surface area contributed by atoms with Crippen LogP contribution in [0.4, 0.5) is 26.3 Å². The minimum absolute atomic E-state index is 0.0279. The lowest BCUT2D eigenvalue weighted by molar-refractivity contribution is -0.275. The molecule has 1 aromatic carbocycles. The van der Waals surface area contributed by atoms with Crippen LogP contribution in [-0.4, -0.2) is 42.4 Å². The van der Waals surface area contributed by atoms with Gasteiger partial charge in [-0.1, -0.05) is 13.0 Å². The number of halogens is 6. The molecule has 1 aliphatic heterocycles. The molecule has 0 unspecified atom stereocenters. The molecule has 1 N–H and O–H groups in total. The van der Waals surface area contributed by atoms with E-state index >= 15 is 0 Å². The van der Waals surface area contributed by atoms with E-state index in [4.69, 9.17) is 9.47 Å². The highest BCUT2D eigenvalue weighted by Gasteiger charge is 2.66. The van der Waals surface area contributed by atoms with Gasteiger partial charge in [0.2, 0.25) is 0 Å². The van der Waals surface area contributed by atoms with E-state index in [-0.39, 0.29) is 11.3 Å². The Bertz CT molecular complexity index is 716. The fourth-order valence-corrected chi connectivity index (χ4v) is 3.17. The molecule has 152 valence electrons. The molecule has 1 saturated heterocycles. The highest BCUT2D eigenvalue weighted by atomic mass is 19.4. The van der Waals surface area contributed by atoms with Gasteiger partial charge in [0.25, 0.3) is 0 Å². The molecule has 0 aromatic heterocycles.